The van der Waals surface area contributed by atoms with E-state index in [0.29, 0.717) is 5.75 Å². The largest absolute Gasteiger partial charge is 0.508 e. The van der Waals surface area contributed by atoms with E-state index in [9.17, 15) is 5.11 Å². The predicted molar refractivity (Wildman–Crippen MR) is 54.8 cm³/mol. The molecule has 0 amide bonds. The van der Waals surface area contributed by atoms with Crippen LogP contribution < -0.4 is 4.74 Å². The highest BCUT2D eigenvalue weighted by atomic mass is 16.5. The molecule has 1 aliphatic heterocycles. The van der Waals surface area contributed by atoms with Crippen LogP contribution in [0.25, 0.3) is 10.8 Å². The summed E-state index contributed by atoms with van der Waals surface area (Å²) in [6.07, 6.45) is 0.973. The smallest absolute Gasteiger partial charge is 0.123 e. The summed E-state index contributed by atoms with van der Waals surface area (Å²) >= 11 is 0. The summed E-state index contributed by atoms with van der Waals surface area (Å²) in [5.74, 6) is 1.31. The van der Waals surface area contributed by atoms with Gasteiger partial charge >= 0.3 is 0 Å². The SMILES string of the molecule is Oc1ccc2cc3c(cc2c1)CCO3. The van der Waals surface area contributed by atoms with Gasteiger partial charge in [-0.1, -0.05) is 6.07 Å². The zero-order valence-electron chi connectivity index (χ0n) is 7.66. The molecule has 1 aliphatic rings. The van der Waals surface area contributed by atoms with E-state index in [1.807, 2.05) is 12.1 Å². The quantitative estimate of drug-likeness (QED) is 0.684. The number of phenolic OH excluding ortho intramolecular Hbond substituents is 1. The summed E-state index contributed by atoms with van der Waals surface area (Å²) in [6.45, 7) is 0.775. The molecule has 2 heteroatoms. The summed E-state index contributed by atoms with van der Waals surface area (Å²) in [6, 6.07) is 9.53. The minimum Gasteiger partial charge on any atom is -0.508 e. The number of rotatable bonds is 0. The summed E-state index contributed by atoms with van der Waals surface area (Å²) in [5, 5.41) is 11.5. The van der Waals surface area contributed by atoms with Gasteiger partial charge in [-0.2, -0.15) is 0 Å². The van der Waals surface area contributed by atoms with E-state index < -0.39 is 0 Å². The van der Waals surface area contributed by atoms with Crippen molar-refractivity contribution in [1.82, 2.24) is 0 Å². The van der Waals surface area contributed by atoms with Crippen LogP contribution in [0.2, 0.25) is 0 Å². The third-order valence-corrected chi connectivity index (χ3v) is 2.63. The molecule has 0 aromatic heterocycles. The summed E-state index contributed by atoms with van der Waals surface area (Å²) in [4.78, 5) is 0. The first-order chi connectivity index (χ1) is 6.83. The van der Waals surface area contributed by atoms with Crippen molar-refractivity contribution < 1.29 is 9.84 Å². The maximum Gasteiger partial charge on any atom is 0.123 e. The van der Waals surface area contributed by atoms with Crippen molar-refractivity contribution in [3.8, 4) is 11.5 Å². The lowest BCUT2D eigenvalue weighted by atomic mass is 10.1. The Hall–Kier alpha value is -1.70. The van der Waals surface area contributed by atoms with Crippen molar-refractivity contribution in [3.63, 3.8) is 0 Å². The molecule has 2 aromatic carbocycles. The number of hydrogen-bond acceptors (Lipinski definition) is 2. The fraction of sp³-hybridized carbons (Fsp3) is 0.167. The van der Waals surface area contributed by atoms with Crippen molar-refractivity contribution in [2.24, 2.45) is 0 Å². The summed E-state index contributed by atoms with van der Waals surface area (Å²) < 4.78 is 5.47. The zero-order chi connectivity index (χ0) is 9.54. The van der Waals surface area contributed by atoms with Crippen LogP contribution in [0.15, 0.2) is 30.3 Å². The number of fused-ring (bicyclic) bond motifs is 2. The summed E-state index contributed by atoms with van der Waals surface area (Å²) in [7, 11) is 0. The molecule has 70 valence electrons. The topological polar surface area (TPSA) is 29.5 Å². The molecule has 0 saturated carbocycles. The van der Waals surface area contributed by atoms with Crippen LogP contribution in [0.1, 0.15) is 5.56 Å². The molecule has 3 rings (SSSR count). The molecule has 2 nitrogen and oxygen atoms in total. The highest BCUT2D eigenvalue weighted by Gasteiger charge is 2.12. The van der Waals surface area contributed by atoms with Gasteiger partial charge < -0.3 is 9.84 Å². The Morgan fingerprint density at radius 2 is 2.00 bits per heavy atom. The van der Waals surface area contributed by atoms with Gasteiger partial charge in [0.1, 0.15) is 11.5 Å². The Labute approximate surface area is 81.7 Å². The van der Waals surface area contributed by atoms with E-state index in [2.05, 4.69) is 6.07 Å². The van der Waals surface area contributed by atoms with Crippen molar-refractivity contribution >= 4 is 10.8 Å². The molecule has 0 fully saturated rings. The highest BCUT2D eigenvalue weighted by Crippen LogP contribution is 2.31. The van der Waals surface area contributed by atoms with Crippen molar-refractivity contribution in [1.29, 1.82) is 0 Å². The monoisotopic (exact) mass is 186 g/mol. The van der Waals surface area contributed by atoms with E-state index in [0.717, 1.165) is 29.5 Å². The van der Waals surface area contributed by atoms with Gasteiger partial charge in [-0.25, -0.2) is 0 Å². The second kappa shape index (κ2) is 2.64. The van der Waals surface area contributed by atoms with E-state index in [-0.39, 0.29) is 0 Å². The first-order valence-corrected chi connectivity index (χ1v) is 4.71. The van der Waals surface area contributed by atoms with Gasteiger partial charge in [0.25, 0.3) is 0 Å². The lowest BCUT2D eigenvalue weighted by Gasteiger charge is -2.02. The van der Waals surface area contributed by atoms with E-state index in [1.165, 1.54) is 5.56 Å². The molecule has 0 unspecified atom stereocenters. The third kappa shape index (κ3) is 1.04. The predicted octanol–water partition coefficient (Wildman–Crippen LogP) is 2.48. The molecular weight excluding hydrogens is 176 g/mol. The number of benzene rings is 2. The number of aromatic hydroxyl groups is 1. The Morgan fingerprint density at radius 3 is 2.93 bits per heavy atom. The van der Waals surface area contributed by atoms with Gasteiger partial charge in [0.15, 0.2) is 0 Å². The van der Waals surface area contributed by atoms with Crippen LogP contribution in [-0.2, 0) is 6.42 Å². The minimum atomic E-state index is 0.316. The third-order valence-electron chi connectivity index (χ3n) is 2.63. The fourth-order valence-corrected chi connectivity index (χ4v) is 1.91. The van der Waals surface area contributed by atoms with Gasteiger partial charge in [-0.3, -0.25) is 0 Å². The van der Waals surface area contributed by atoms with Crippen molar-refractivity contribution in [2.75, 3.05) is 6.61 Å². The van der Waals surface area contributed by atoms with E-state index >= 15 is 0 Å². The molecule has 0 atom stereocenters. The number of hydrogen-bond donors (Lipinski definition) is 1. The van der Waals surface area contributed by atoms with Crippen LogP contribution >= 0.6 is 0 Å². The second-order valence-corrected chi connectivity index (χ2v) is 3.59. The second-order valence-electron chi connectivity index (χ2n) is 3.59. The zero-order valence-corrected chi connectivity index (χ0v) is 7.66. The molecule has 0 bridgehead atoms. The van der Waals surface area contributed by atoms with Crippen molar-refractivity contribution in [3.05, 3.63) is 35.9 Å². The van der Waals surface area contributed by atoms with E-state index in [1.54, 1.807) is 12.1 Å². The molecule has 1 N–H and O–H groups in total. The van der Waals surface area contributed by atoms with Gasteiger partial charge in [-0.05, 0) is 40.6 Å². The van der Waals surface area contributed by atoms with Gasteiger partial charge in [0, 0.05) is 6.42 Å². The molecule has 1 heterocycles. The van der Waals surface area contributed by atoms with Crippen LogP contribution in [0.4, 0.5) is 0 Å². The molecule has 0 saturated heterocycles. The number of phenols is 1. The first kappa shape index (κ1) is 7.68. The molecule has 0 aliphatic carbocycles. The van der Waals surface area contributed by atoms with Crippen LogP contribution in [0.3, 0.4) is 0 Å². The fourth-order valence-electron chi connectivity index (χ4n) is 1.91. The molecule has 0 radical (unpaired) electrons. The normalized spacial score (nSPS) is 14.0. The average molecular weight is 186 g/mol. The van der Waals surface area contributed by atoms with Crippen LogP contribution in [0, 0.1) is 0 Å². The Kier molecular flexibility index (Phi) is 1.45. The summed E-state index contributed by atoms with van der Waals surface area (Å²) in [5.41, 5.74) is 1.24. The van der Waals surface area contributed by atoms with Gasteiger partial charge in [0.05, 0.1) is 6.61 Å². The molecule has 0 spiro atoms. The van der Waals surface area contributed by atoms with E-state index in [4.69, 9.17) is 4.74 Å². The standard InChI is InChI=1S/C12H10O2/c13-11-2-1-8-7-12-9(3-4-14-12)5-10(8)6-11/h1-2,5-7,13H,3-4H2. The maximum atomic E-state index is 9.35. The Balaban J connectivity index is 2.33. The maximum absolute atomic E-state index is 9.35. The lowest BCUT2D eigenvalue weighted by Crippen LogP contribution is -1.85. The highest BCUT2D eigenvalue weighted by molar-refractivity contribution is 5.86. The average Bonchev–Trinajstić information content (AvgIpc) is 2.61. The Bertz CT molecular complexity index is 503. The van der Waals surface area contributed by atoms with Crippen molar-refractivity contribution in [2.45, 2.75) is 6.42 Å². The lowest BCUT2D eigenvalue weighted by molar-refractivity contribution is 0.357. The van der Waals surface area contributed by atoms with Crippen LogP contribution in [-0.4, -0.2) is 11.7 Å². The molecule has 2 aromatic rings. The van der Waals surface area contributed by atoms with Gasteiger partial charge in [0.2, 0.25) is 0 Å². The molecular formula is C12H10O2. The van der Waals surface area contributed by atoms with Gasteiger partial charge in [-0.15, -0.1) is 0 Å². The minimum absolute atomic E-state index is 0.316. The Morgan fingerprint density at radius 1 is 1.07 bits per heavy atom. The first-order valence-electron chi connectivity index (χ1n) is 4.71. The molecule has 14 heavy (non-hydrogen) atoms. The number of ether oxygens (including phenoxy) is 1. The van der Waals surface area contributed by atoms with Crippen LogP contribution in [0.5, 0.6) is 11.5 Å².